The van der Waals surface area contributed by atoms with Crippen molar-refractivity contribution in [2.45, 2.75) is 62.6 Å². The van der Waals surface area contributed by atoms with Crippen LogP contribution in [0.2, 0.25) is 0 Å². The van der Waals surface area contributed by atoms with Gasteiger partial charge in [0.1, 0.15) is 5.82 Å². The summed E-state index contributed by atoms with van der Waals surface area (Å²) in [6.45, 7) is 5.43. The van der Waals surface area contributed by atoms with Crippen LogP contribution in [0.4, 0.5) is 4.39 Å². The molecule has 6 heteroatoms. The Morgan fingerprint density at radius 1 is 1.04 bits per heavy atom. The minimum absolute atomic E-state index is 0.171. The molecule has 1 amide bonds. The first-order valence-corrected chi connectivity index (χ1v) is 11.0. The summed E-state index contributed by atoms with van der Waals surface area (Å²) in [5.74, 6) is -0.771. The van der Waals surface area contributed by atoms with Crippen LogP contribution in [0.3, 0.4) is 0 Å². The van der Waals surface area contributed by atoms with Gasteiger partial charge in [0, 0.05) is 6.54 Å². The number of halogens is 1. The first kappa shape index (κ1) is 20.5. The largest absolute Gasteiger partial charge is 0.351 e. The standard InChI is InChI=1S/C22H26FNO3S/c1-15-6-7-16(2)20(12-15)28(26,27)22(10-4-5-11-22)21(25)24-14-18-8-9-19(23)17(3)13-18/h6-9,12-13H,4-5,10-11,14H2,1-3H3,(H,24,25). The van der Waals surface area contributed by atoms with Gasteiger partial charge in [0.15, 0.2) is 14.6 Å². The van der Waals surface area contributed by atoms with Crippen LogP contribution in [0.25, 0.3) is 0 Å². The maximum Gasteiger partial charge on any atom is 0.242 e. The number of rotatable bonds is 5. The third kappa shape index (κ3) is 3.58. The minimum atomic E-state index is -3.84. The molecule has 0 atom stereocenters. The van der Waals surface area contributed by atoms with Crippen LogP contribution in [0.5, 0.6) is 0 Å². The number of hydrogen-bond acceptors (Lipinski definition) is 3. The van der Waals surface area contributed by atoms with Gasteiger partial charge in [-0.1, -0.05) is 37.1 Å². The van der Waals surface area contributed by atoms with Crippen molar-refractivity contribution >= 4 is 15.7 Å². The van der Waals surface area contributed by atoms with E-state index < -0.39 is 20.5 Å². The summed E-state index contributed by atoms with van der Waals surface area (Å²) >= 11 is 0. The Hall–Kier alpha value is -2.21. The van der Waals surface area contributed by atoms with Crippen molar-refractivity contribution in [3.05, 3.63) is 64.5 Å². The molecule has 0 aliphatic heterocycles. The van der Waals surface area contributed by atoms with Gasteiger partial charge >= 0.3 is 0 Å². The molecule has 0 saturated heterocycles. The normalized spacial score (nSPS) is 16.1. The molecule has 0 bridgehead atoms. The zero-order valence-corrected chi connectivity index (χ0v) is 17.3. The topological polar surface area (TPSA) is 63.2 Å². The first-order valence-electron chi connectivity index (χ1n) is 9.52. The van der Waals surface area contributed by atoms with Crippen molar-refractivity contribution in [2.24, 2.45) is 0 Å². The Kier molecular flexibility index (Phi) is 5.62. The number of hydrogen-bond donors (Lipinski definition) is 1. The Balaban J connectivity index is 1.91. The molecular weight excluding hydrogens is 377 g/mol. The fourth-order valence-electron chi connectivity index (χ4n) is 3.93. The van der Waals surface area contributed by atoms with Crippen molar-refractivity contribution < 1.29 is 17.6 Å². The van der Waals surface area contributed by atoms with Crippen LogP contribution in [-0.2, 0) is 21.2 Å². The first-order chi connectivity index (χ1) is 13.2. The Morgan fingerprint density at radius 2 is 1.71 bits per heavy atom. The summed E-state index contributed by atoms with van der Waals surface area (Å²) in [6, 6.07) is 9.92. The molecule has 1 aliphatic carbocycles. The smallest absolute Gasteiger partial charge is 0.242 e. The van der Waals surface area contributed by atoms with Crippen molar-refractivity contribution in [2.75, 3.05) is 0 Å². The molecular formula is C22H26FNO3S. The third-order valence-electron chi connectivity index (χ3n) is 5.65. The van der Waals surface area contributed by atoms with Gasteiger partial charge < -0.3 is 5.32 Å². The second kappa shape index (κ2) is 7.66. The lowest BCUT2D eigenvalue weighted by atomic mass is 10.1. The Bertz CT molecular complexity index is 1010. The van der Waals surface area contributed by atoms with E-state index in [9.17, 15) is 17.6 Å². The Morgan fingerprint density at radius 3 is 2.36 bits per heavy atom. The quantitative estimate of drug-likeness (QED) is 0.816. The predicted octanol–water partition coefficient (Wildman–Crippen LogP) is 4.15. The van der Waals surface area contributed by atoms with E-state index in [1.165, 1.54) is 6.07 Å². The van der Waals surface area contributed by atoms with Gasteiger partial charge in [0.05, 0.1) is 4.90 Å². The van der Waals surface area contributed by atoms with E-state index in [2.05, 4.69) is 5.32 Å². The molecule has 28 heavy (non-hydrogen) atoms. The predicted molar refractivity (Wildman–Crippen MR) is 107 cm³/mol. The van der Waals surface area contributed by atoms with Gasteiger partial charge in [-0.3, -0.25) is 4.79 Å². The van der Waals surface area contributed by atoms with Crippen LogP contribution in [0, 0.1) is 26.6 Å². The van der Waals surface area contributed by atoms with Crippen LogP contribution in [-0.4, -0.2) is 19.1 Å². The van der Waals surface area contributed by atoms with E-state index in [-0.39, 0.29) is 17.3 Å². The molecule has 2 aromatic rings. The van der Waals surface area contributed by atoms with Crippen LogP contribution in [0.15, 0.2) is 41.3 Å². The number of carbonyl (C=O) groups is 1. The molecule has 0 heterocycles. The highest BCUT2D eigenvalue weighted by atomic mass is 32.2. The average molecular weight is 404 g/mol. The van der Waals surface area contributed by atoms with E-state index in [0.29, 0.717) is 36.8 Å². The highest BCUT2D eigenvalue weighted by Crippen LogP contribution is 2.41. The van der Waals surface area contributed by atoms with E-state index in [1.54, 1.807) is 38.1 Å². The molecule has 0 radical (unpaired) electrons. The van der Waals surface area contributed by atoms with Gasteiger partial charge in [-0.15, -0.1) is 0 Å². The molecule has 1 saturated carbocycles. The number of amides is 1. The van der Waals surface area contributed by atoms with Crippen LogP contribution in [0.1, 0.15) is 47.9 Å². The summed E-state index contributed by atoms with van der Waals surface area (Å²) in [6.07, 6.45) is 2.04. The summed E-state index contributed by atoms with van der Waals surface area (Å²) in [5, 5.41) is 2.80. The maximum atomic E-state index is 13.6. The molecule has 1 fully saturated rings. The zero-order chi connectivity index (χ0) is 20.5. The molecule has 1 aliphatic rings. The number of aryl methyl sites for hydroxylation is 3. The fraction of sp³-hybridized carbons (Fsp3) is 0.409. The fourth-order valence-corrected chi connectivity index (χ4v) is 6.33. The molecule has 0 unspecified atom stereocenters. The van der Waals surface area contributed by atoms with Gasteiger partial charge in [-0.25, -0.2) is 12.8 Å². The van der Waals surface area contributed by atoms with Crippen LogP contribution < -0.4 is 5.32 Å². The maximum absolute atomic E-state index is 13.6. The van der Waals surface area contributed by atoms with Crippen molar-refractivity contribution in [1.29, 1.82) is 0 Å². The lowest BCUT2D eigenvalue weighted by Crippen LogP contribution is -2.50. The number of sulfone groups is 1. The SMILES string of the molecule is Cc1ccc(C)c(S(=O)(=O)C2(C(=O)NCc3ccc(F)c(C)c3)CCCC2)c1. The summed E-state index contributed by atoms with van der Waals surface area (Å²) in [7, 11) is -3.84. The van der Waals surface area contributed by atoms with E-state index in [0.717, 1.165) is 11.1 Å². The van der Waals surface area contributed by atoms with E-state index in [1.807, 2.05) is 13.0 Å². The second-order valence-electron chi connectivity index (χ2n) is 7.74. The average Bonchev–Trinajstić information content (AvgIpc) is 3.16. The minimum Gasteiger partial charge on any atom is -0.351 e. The van der Waals surface area contributed by atoms with Crippen molar-refractivity contribution in [3.8, 4) is 0 Å². The monoisotopic (exact) mass is 403 g/mol. The summed E-state index contributed by atoms with van der Waals surface area (Å²) in [5.41, 5.74) is 2.73. The van der Waals surface area contributed by atoms with Gasteiger partial charge in [-0.05, 0) is 68.0 Å². The number of benzene rings is 2. The molecule has 1 N–H and O–H groups in total. The Labute approximate surface area is 166 Å². The molecule has 4 nitrogen and oxygen atoms in total. The third-order valence-corrected chi connectivity index (χ3v) is 8.29. The summed E-state index contributed by atoms with van der Waals surface area (Å²) < 4.78 is 39.1. The number of carbonyl (C=O) groups excluding carboxylic acids is 1. The van der Waals surface area contributed by atoms with Crippen LogP contribution >= 0.6 is 0 Å². The zero-order valence-electron chi connectivity index (χ0n) is 16.5. The molecule has 2 aromatic carbocycles. The van der Waals surface area contributed by atoms with Gasteiger partial charge in [0.25, 0.3) is 0 Å². The molecule has 150 valence electrons. The van der Waals surface area contributed by atoms with Crippen molar-refractivity contribution in [1.82, 2.24) is 5.32 Å². The molecule has 3 rings (SSSR count). The lowest BCUT2D eigenvalue weighted by molar-refractivity contribution is -0.123. The second-order valence-corrected chi connectivity index (χ2v) is 9.97. The van der Waals surface area contributed by atoms with E-state index >= 15 is 0 Å². The lowest BCUT2D eigenvalue weighted by Gasteiger charge is -2.28. The molecule has 0 spiro atoms. The highest BCUT2D eigenvalue weighted by molar-refractivity contribution is 7.93. The van der Waals surface area contributed by atoms with Crippen molar-refractivity contribution in [3.63, 3.8) is 0 Å². The van der Waals surface area contributed by atoms with Gasteiger partial charge in [0.2, 0.25) is 5.91 Å². The number of nitrogens with one attached hydrogen (secondary N) is 1. The summed E-state index contributed by atoms with van der Waals surface area (Å²) in [4.78, 5) is 13.4. The highest BCUT2D eigenvalue weighted by Gasteiger charge is 2.53. The van der Waals surface area contributed by atoms with E-state index in [4.69, 9.17) is 0 Å². The van der Waals surface area contributed by atoms with Gasteiger partial charge in [-0.2, -0.15) is 0 Å². The molecule has 0 aromatic heterocycles.